The minimum absolute atomic E-state index is 0.105. The van der Waals surface area contributed by atoms with Crippen LogP contribution in [0.2, 0.25) is 5.02 Å². The summed E-state index contributed by atoms with van der Waals surface area (Å²) in [5, 5.41) is 2.97. The van der Waals surface area contributed by atoms with Gasteiger partial charge in [0, 0.05) is 10.6 Å². The number of ether oxygens (including phenoxy) is 3. The number of nitrogens with one attached hydrogen (secondary N) is 1. The highest BCUT2D eigenvalue weighted by Crippen LogP contribution is 2.27. The van der Waals surface area contributed by atoms with Gasteiger partial charge in [-0.2, -0.15) is 0 Å². The van der Waals surface area contributed by atoms with E-state index in [4.69, 9.17) is 25.8 Å². The third kappa shape index (κ3) is 6.16. The van der Waals surface area contributed by atoms with Crippen LogP contribution in [-0.4, -0.2) is 38.5 Å². The molecule has 0 saturated carbocycles. The number of benzene rings is 2. The SMILES string of the molecule is COc1ccc(SCC(=O)OCC(=O)Nc2ccc(OC)c(Cl)c2)cc1. The van der Waals surface area contributed by atoms with Crippen molar-refractivity contribution in [1.82, 2.24) is 0 Å². The number of carbonyl (C=O) groups is 2. The molecule has 0 aliphatic carbocycles. The van der Waals surface area contributed by atoms with E-state index in [0.717, 1.165) is 10.6 Å². The number of amides is 1. The molecule has 0 aliphatic rings. The standard InChI is InChI=1S/C18H18ClNO5S/c1-23-13-4-6-14(7-5-13)26-11-18(22)25-10-17(21)20-12-3-8-16(24-2)15(19)9-12/h3-9H,10-11H2,1-2H3,(H,20,21). The number of methoxy groups -OCH3 is 2. The molecular weight excluding hydrogens is 378 g/mol. The summed E-state index contributed by atoms with van der Waals surface area (Å²) in [6, 6.07) is 12.1. The molecule has 138 valence electrons. The molecule has 0 fully saturated rings. The van der Waals surface area contributed by atoms with E-state index in [1.54, 1.807) is 37.4 Å². The Kier molecular flexibility index (Phi) is 7.62. The third-order valence-corrected chi connectivity index (χ3v) is 4.50. The van der Waals surface area contributed by atoms with Gasteiger partial charge in [-0.3, -0.25) is 9.59 Å². The molecular formula is C18H18ClNO5S. The highest BCUT2D eigenvalue weighted by atomic mass is 35.5. The van der Waals surface area contributed by atoms with E-state index in [9.17, 15) is 9.59 Å². The van der Waals surface area contributed by atoms with Crippen molar-refractivity contribution in [3.05, 3.63) is 47.5 Å². The predicted octanol–water partition coefficient (Wildman–Crippen LogP) is 3.63. The summed E-state index contributed by atoms with van der Waals surface area (Å²) >= 11 is 7.30. The average Bonchev–Trinajstić information content (AvgIpc) is 2.65. The fourth-order valence-corrected chi connectivity index (χ4v) is 2.90. The van der Waals surface area contributed by atoms with Crippen LogP contribution in [0.25, 0.3) is 0 Å². The normalized spacial score (nSPS) is 10.1. The molecule has 0 aliphatic heterocycles. The van der Waals surface area contributed by atoms with E-state index < -0.39 is 11.9 Å². The lowest BCUT2D eigenvalue weighted by Crippen LogP contribution is -2.21. The Balaban J connectivity index is 1.74. The molecule has 0 aromatic heterocycles. The molecule has 0 bridgehead atoms. The number of rotatable bonds is 8. The van der Waals surface area contributed by atoms with Crippen LogP contribution in [0.5, 0.6) is 11.5 Å². The Bertz CT molecular complexity index is 767. The zero-order valence-corrected chi connectivity index (χ0v) is 15.9. The number of anilines is 1. The van der Waals surface area contributed by atoms with E-state index in [1.807, 2.05) is 12.1 Å². The Morgan fingerprint density at radius 3 is 2.42 bits per heavy atom. The van der Waals surface area contributed by atoms with Crippen molar-refractivity contribution in [3.8, 4) is 11.5 Å². The number of thioether (sulfide) groups is 1. The maximum atomic E-state index is 11.8. The zero-order valence-electron chi connectivity index (χ0n) is 14.3. The molecule has 0 saturated heterocycles. The van der Waals surface area contributed by atoms with Gasteiger partial charge in [0.25, 0.3) is 5.91 Å². The second kappa shape index (κ2) is 9.94. The summed E-state index contributed by atoms with van der Waals surface area (Å²) in [5.41, 5.74) is 0.490. The van der Waals surface area contributed by atoms with Crippen molar-refractivity contribution in [3.63, 3.8) is 0 Å². The first-order chi connectivity index (χ1) is 12.5. The fraction of sp³-hybridized carbons (Fsp3) is 0.222. The van der Waals surface area contributed by atoms with Gasteiger partial charge >= 0.3 is 5.97 Å². The second-order valence-corrected chi connectivity index (χ2v) is 6.48. The van der Waals surface area contributed by atoms with Gasteiger partial charge in [-0.25, -0.2) is 0 Å². The summed E-state index contributed by atoms with van der Waals surface area (Å²) in [4.78, 5) is 24.5. The van der Waals surface area contributed by atoms with Crippen molar-refractivity contribution in [2.75, 3.05) is 31.9 Å². The first-order valence-corrected chi connectivity index (χ1v) is 8.94. The van der Waals surface area contributed by atoms with Crippen molar-refractivity contribution in [1.29, 1.82) is 0 Å². The van der Waals surface area contributed by atoms with Crippen molar-refractivity contribution < 1.29 is 23.8 Å². The quantitative estimate of drug-likeness (QED) is 0.543. The molecule has 2 rings (SSSR count). The van der Waals surface area contributed by atoms with Crippen molar-refractivity contribution >= 4 is 40.9 Å². The Morgan fingerprint density at radius 2 is 1.81 bits per heavy atom. The number of carbonyl (C=O) groups excluding carboxylic acids is 2. The van der Waals surface area contributed by atoms with E-state index >= 15 is 0 Å². The van der Waals surface area contributed by atoms with Gasteiger partial charge in [-0.15, -0.1) is 11.8 Å². The van der Waals surface area contributed by atoms with Gasteiger partial charge < -0.3 is 19.5 Å². The molecule has 0 radical (unpaired) electrons. The van der Waals surface area contributed by atoms with Crippen LogP contribution in [0.4, 0.5) is 5.69 Å². The molecule has 6 nitrogen and oxygen atoms in total. The lowest BCUT2D eigenvalue weighted by atomic mass is 10.3. The van der Waals surface area contributed by atoms with Gasteiger partial charge in [-0.05, 0) is 42.5 Å². The van der Waals surface area contributed by atoms with Crippen molar-refractivity contribution in [2.24, 2.45) is 0 Å². The first kappa shape index (κ1) is 19.9. The largest absolute Gasteiger partial charge is 0.497 e. The number of esters is 1. The van der Waals surface area contributed by atoms with Gasteiger partial charge in [-0.1, -0.05) is 11.6 Å². The number of halogens is 1. The summed E-state index contributed by atoms with van der Waals surface area (Å²) in [6.07, 6.45) is 0. The molecule has 0 spiro atoms. The molecule has 2 aromatic rings. The number of hydrogen-bond donors (Lipinski definition) is 1. The molecule has 26 heavy (non-hydrogen) atoms. The fourth-order valence-electron chi connectivity index (χ4n) is 1.94. The lowest BCUT2D eigenvalue weighted by Gasteiger charge is -2.09. The van der Waals surface area contributed by atoms with Crippen LogP contribution in [0.15, 0.2) is 47.4 Å². The van der Waals surface area contributed by atoms with E-state index in [0.29, 0.717) is 16.5 Å². The Hall–Kier alpha value is -2.38. The summed E-state index contributed by atoms with van der Waals surface area (Å²) in [7, 11) is 3.09. The van der Waals surface area contributed by atoms with Gasteiger partial charge in [0.1, 0.15) is 11.5 Å². The van der Waals surface area contributed by atoms with Crippen LogP contribution in [0.1, 0.15) is 0 Å². The maximum Gasteiger partial charge on any atom is 0.316 e. The van der Waals surface area contributed by atoms with E-state index in [-0.39, 0.29) is 12.4 Å². The van der Waals surface area contributed by atoms with Crippen LogP contribution < -0.4 is 14.8 Å². The Morgan fingerprint density at radius 1 is 1.08 bits per heavy atom. The van der Waals surface area contributed by atoms with Gasteiger partial charge in [0.05, 0.1) is 25.0 Å². The smallest absolute Gasteiger partial charge is 0.316 e. The monoisotopic (exact) mass is 395 g/mol. The minimum Gasteiger partial charge on any atom is -0.497 e. The first-order valence-electron chi connectivity index (χ1n) is 7.57. The molecule has 1 N–H and O–H groups in total. The summed E-state index contributed by atoms with van der Waals surface area (Å²) in [6.45, 7) is -0.369. The topological polar surface area (TPSA) is 73.9 Å². The molecule has 0 atom stereocenters. The van der Waals surface area contributed by atoms with Gasteiger partial charge in [0.2, 0.25) is 0 Å². The van der Waals surface area contributed by atoms with Gasteiger partial charge in [0.15, 0.2) is 6.61 Å². The van der Waals surface area contributed by atoms with Crippen LogP contribution in [-0.2, 0) is 14.3 Å². The van der Waals surface area contributed by atoms with Crippen LogP contribution >= 0.6 is 23.4 Å². The highest BCUT2D eigenvalue weighted by Gasteiger charge is 2.10. The summed E-state index contributed by atoms with van der Waals surface area (Å²) in [5.74, 6) is 0.426. The second-order valence-electron chi connectivity index (χ2n) is 5.02. The predicted molar refractivity (Wildman–Crippen MR) is 101 cm³/mol. The van der Waals surface area contributed by atoms with Crippen LogP contribution in [0.3, 0.4) is 0 Å². The third-order valence-electron chi connectivity index (χ3n) is 3.22. The van der Waals surface area contributed by atoms with E-state index in [1.165, 1.54) is 18.9 Å². The molecule has 2 aromatic carbocycles. The Labute approximate surface area is 160 Å². The number of hydrogen-bond acceptors (Lipinski definition) is 6. The van der Waals surface area contributed by atoms with E-state index in [2.05, 4.69) is 5.32 Å². The molecule has 0 heterocycles. The van der Waals surface area contributed by atoms with Crippen LogP contribution in [0, 0.1) is 0 Å². The zero-order chi connectivity index (χ0) is 18.9. The minimum atomic E-state index is -0.478. The summed E-state index contributed by atoms with van der Waals surface area (Å²) < 4.78 is 15.1. The lowest BCUT2D eigenvalue weighted by molar-refractivity contribution is -0.144. The van der Waals surface area contributed by atoms with Crippen molar-refractivity contribution in [2.45, 2.75) is 4.90 Å². The highest BCUT2D eigenvalue weighted by molar-refractivity contribution is 8.00. The average molecular weight is 396 g/mol. The molecule has 8 heteroatoms. The maximum absolute atomic E-state index is 11.8. The molecule has 1 amide bonds. The molecule has 0 unspecified atom stereocenters.